The number of aliphatic carboxylic acids is 8. The van der Waals surface area contributed by atoms with E-state index in [1.54, 1.807) is 166 Å². The third-order valence-electron chi connectivity index (χ3n) is 6.31. The fraction of sp³-hybridized carbons (Fsp3) is 0.846. The smallest absolute Gasteiger partial charge is 0.852 e. The second-order valence-electron chi connectivity index (χ2n) is 19.6. The van der Waals surface area contributed by atoms with Crippen molar-refractivity contribution in [3.63, 3.8) is 0 Å². The minimum atomic E-state index is -1.67. The summed E-state index contributed by atoms with van der Waals surface area (Å²) < 4.78 is 39.4. The molecule has 8 atom stereocenters. The van der Waals surface area contributed by atoms with Gasteiger partial charge in [0, 0.05) is 0 Å². The van der Waals surface area contributed by atoms with Gasteiger partial charge in [-0.3, -0.25) is 0 Å². The summed E-state index contributed by atoms with van der Waals surface area (Å²) in [5.74, 6) is -13.1. The molecule has 8 unspecified atom stereocenters. The molecule has 0 amide bonds. The Balaban J connectivity index is -0.0000000838. The summed E-state index contributed by atoms with van der Waals surface area (Å²) in [6.07, 6.45) is -18.7. The van der Waals surface area contributed by atoms with Crippen molar-refractivity contribution in [2.45, 2.75) is 288 Å². The van der Waals surface area contributed by atoms with E-state index in [9.17, 15) is 99.6 Å². The van der Waals surface area contributed by atoms with Crippen LogP contribution in [-0.2, 0) is 141 Å². The van der Waals surface area contributed by atoms with Gasteiger partial charge in [0.15, 0.2) is 0 Å². The molecule has 0 aliphatic heterocycles. The van der Waals surface area contributed by atoms with Gasteiger partial charge < -0.3 is 138 Å². The van der Waals surface area contributed by atoms with E-state index >= 15 is 0 Å². The maximum Gasteiger partial charge on any atom is 4.00 e. The van der Waals surface area contributed by atoms with Crippen LogP contribution in [0.5, 0.6) is 0 Å². The Morgan fingerprint density at radius 1 is 0.193 bits per heavy atom. The predicted octanol–water partition coefficient (Wildman–Crippen LogP) is -8.69. The number of carbonyl (C=O) groups is 8. The van der Waals surface area contributed by atoms with Gasteiger partial charge in [-0.1, -0.05) is 55.4 Å². The zero-order valence-electron chi connectivity index (χ0n) is 52.5. The second kappa shape index (κ2) is 61.1. The van der Waals surface area contributed by atoms with Crippen molar-refractivity contribution in [2.75, 3.05) is 0 Å². The summed E-state index contributed by atoms with van der Waals surface area (Å²) >= 11 is 0. The van der Waals surface area contributed by atoms with E-state index in [1.165, 1.54) is 0 Å². The van der Waals surface area contributed by atoms with E-state index < -0.39 is 170 Å². The van der Waals surface area contributed by atoms with Crippen LogP contribution >= 0.6 is 0 Å². The Labute approximate surface area is 535 Å². The first kappa shape index (κ1) is 105. The fourth-order valence-corrected chi connectivity index (χ4v) is 4.35. The molecule has 0 fully saturated rings. The predicted molar refractivity (Wildman–Crippen MR) is 261 cm³/mol. The molecule has 0 rings (SSSR count). The molecule has 31 heteroatoms. The number of hydrogen-bond acceptors (Lipinski definition) is 28. The van der Waals surface area contributed by atoms with E-state index in [-0.39, 0.29) is 65.2 Å². The van der Waals surface area contributed by atoms with E-state index in [2.05, 4.69) is 0 Å². The largest absolute Gasteiger partial charge is 4.00 e. The van der Waals surface area contributed by atoms with Gasteiger partial charge in [0.25, 0.3) is 0 Å². The van der Waals surface area contributed by atoms with Gasteiger partial charge in [0.1, 0.15) is 48.8 Å². The molecular weight excluding hydrogens is 1220 g/mol. The third-order valence-corrected chi connectivity index (χ3v) is 6.31. The van der Waals surface area contributed by atoms with Crippen LogP contribution < -0.4 is 61.3 Å². The summed E-state index contributed by atoms with van der Waals surface area (Å²) in [6, 6.07) is 0. The summed E-state index contributed by atoms with van der Waals surface area (Å²) in [5.41, 5.74) is 0. The van der Waals surface area contributed by atoms with E-state index in [4.69, 9.17) is 37.9 Å². The molecule has 0 aromatic heterocycles. The standard InChI is InChI=1S/4C10H18O6.4C3H7O.3Ti/c4*1-5(2)15-7(9(11)12)8(10(13)14)16-6(3)4;4*1-3(2)4;;;/h4*5-8H,1-4H3,(H,11,12)(H,13,14);4*3H,1-2H3;;;/q;;;;4*-1;3*+4/p-8. The topological polar surface area (TPSA) is 487 Å². The third kappa shape index (κ3) is 79.4. The van der Waals surface area contributed by atoms with Crippen LogP contribution in [0.15, 0.2) is 0 Å². The molecule has 0 spiro atoms. The van der Waals surface area contributed by atoms with Gasteiger partial charge in [0.05, 0.1) is 96.6 Å². The molecule has 83 heavy (non-hydrogen) atoms. The number of rotatable bonds is 28. The van der Waals surface area contributed by atoms with Crippen LogP contribution in [0.2, 0.25) is 0 Å². The quantitative estimate of drug-likeness (QED) is 0.0657. The molecule has 0 aliphatic carbocycles. The Hall–Kier alpha value is -2.58. The summed E-state index contributed by atoms with van der Waals surface area (Å²) in [4.78, 5) is 86.0. The van der Waals surface area contributed by atoms with Gasteiger partial charge >= 0.3 is 65.2 Å². The zero-order chi connectivity index (χ0) is 65.8. The van der Waals surface area contributed by atoms with E-state index in [0.717, 1.165) is 0 Å². The summed E-state index contributed by atoms with van der Waals surface area (Å²) in [7, 11) is 0. The minimum Gasteiger partial charge on any atom is -0.852 e. The first-order chi connectivity index (χ1) is 35.9. The molecule has 0 aromatic rings. The van der Waals surface area contributed by atoms with Gasteiger partial charge in [-0.25, -0.2) is 0 Å². The Morgan fingerprint density at radius 2 is 0.241 bits per heavy atom. The number of carboxylic acids is 8. The Morgan fingerprint density at radius 3 is 0.265 bits per heavy atom. The van der Waals surface area contributed by atoms with Gasteiger partial charge in [0.2, 0.25) is 0 Å². The number of carbonyl (C=O) groups excluding carboxylic acids is 8. The van der Waals surface area contributed by atoms with Gasteiger partial charge in [-0.2, -0.15) is 0 Å². The molecule has 0 radical (unpaired) electrons. The van der Waals surface area contributed by atoms with Gasteiger partial charge in [-0.05, 0) is 111 Å². The van der Waals surface area contributed by atoms with Crippen LogP contribution in [0.3, 0.4) is 0 Å². The van der Waals surface area contributed by atoms with Crippen LogP contribution in [0, 0.1) is 0 Å². The summed E-state index contributed by atoms with van der Waals surface area (Å²) in [5, 5.41) is 124. The van der Waals surface area contributed by atoms with E-state index in [0.29, 0.717) is 0 Å². The second-order valence-corrected chi connectivity index (χ2v) is 19.6. The Kier molecular flexibility index (Phi) is 77.5. The van der Waals surface area contributed by atoms with Crippen molar-refractivity contribution in [3.8, 4) is 0 Å². The number of hydrogen-bond donors (Lipinski definition) is 0. The molecule has 0 saturated heterocycles. The van der Waals surface area contributed by atoms with Crippen molar-refractivity contribution >= 4 is 47.8 Å². The molecule has 0 heterocycles. The van der Waals surface area contributed by atoms with Gasteiger partial charge in [-0.15, -0.1) is 24.4 Å². The van der Waals surface area contributed by atoms with Crippen molar-refractivity contribution in [3.05, 3.63) is 0 Å². The fourth-order valence-electron chi connectivity index (χ4n) is 4.35. The monoisotopic (exact) mass is 1310 g/mol. The average molecular weight is 1310 g/mol. The zero-order valence-corrected chi connectivity index (χ0v) is 57.2. The van der Waals surface area contributed by atoms with Crippen molar-refractivity contribution < 1.29 is 203 Å². The maximum absolute atomic E-state index is 10.8. The first-order valence-corrected chi connectivity index (χ1v) is 25.5. The minimum absolute atomic E-state index is 0. The van der Waals surface area contributed by atoms with Crippen molar-refractivity contribution in [1.29, 1.82) is 0 Å². The molecule has 28 nitrogen and oxygen atoms in total. The van der Waals surface area contributed by atoms with Crippen molar-refractivity contribution in [2.24, 2.45) is 0 Å². The molecule has 0 aromatic carbocycles. The van der Waals surface area contributed by atoms with Crippen LogP contribution in [0.4, 0.5) is 0 Å². The van der Waals surface area contributed by atoms with Crippen molar-refractivity contribution in [1.82, 2.24) is 0 Å². The summed E-state index contributed by atoms with van der Waals surface area (Å²) in [6.45, 7) is 38.2. The molecular formula is C52H92O28Ti3. The molecule has 0 saturated carbocycles. The van der Waals surface area contributed by atoms with Crippen LogP contribution in [0.1, 0.15) is 166 Å². The SMILES string of the molecule is CC(C)OC(C(=O)[O-])C(OC(C)C)C(=O)[O-].CC(C)OC(C(=O)[O-])C(OC(C)C)C(=O)[O-].CC(C)OC(C(=O)[O-])C(OC(C)C)C(=O)[O-].CC(C)OC(C(=O)[O-])C(OC(C)C)C(=O)[O-].CC(C)[O-].CC(C)[O-].CC(C)[O-].CC(C)[O-].[Ti+4].[Ti+4].[Ti+4]. The molecule has 0 aliphatic rings. The number of ether oxygens (including phenoxy) is 8. The maximum atomic E-state index is 10.8. The van der Waals surface area contributed by atoms with Crippen LogP contribution in [0.25, 0.3) is 0 Å². The Bertz CT molecular complexity index is 1280. The van der Waals surface area contributed by atoms with E-state index in [1.807, 2.05) is 0 Å². The molecule has 480 valence electrons. The number of carboxylic acid groups (broad SMARTS) is 8. The first-order valence-electron chi connectivity index (χ1n) is 25.5. The molecule has 0 bridgehead atoms. The normalized spacial score (nSPS) is 13.4. The van der Waals surface area contributed by atoms with Crippen LogP contribution in [-0.4, -0.2) is 170 Å². The average Bonchev–Trinajstić information content (AvgIpc) is 3.21. The molecule has 0 N–H and O–H groups in total.